The molecule has 0 radical (unpaired) electrons. The molecule has 0 aliphatic carbocycles. The van der Waals surface area contributed by atoms with E-state index < -0.39 is 38.3 Å². The van der Waals surface area contributed by atoms with E-state index in [0.29, 0.717) is 12.2 Å². The standard InChI is InChI=1S/C10H12F3N3O4S/c1-2-14-7-3-4-9(8(5-7)16(17)18)21(19,20)15-6-10(11,12)13/h3-5,14-15H,2,6H2,1H3. The maximum absolute atomic E-state index is 12.1. The van der Waals surface area contributed by atoms with Crippen LogP contribution in [0, 0.1) is 10.1 Å². The second kappa shape index (κ2) is 6.26. The highest BCUT2D eigenvalue weighted by Crippen LogP contribution is 2.27. The number of nitro groups is 1. The molecule has 11 heteroatoms. The van der Waals surface area contributed by atoms with Gasteiger partial charge in [0.05, 0.1) is 4.92 Å². The molecule has 0 bridgehead atoms. The largest absolute Gasteiger partial charge is 0.402 e. The molecule has 118 valence electrons. The number of alkyl halides is 3. The number of hydrogen-bond donors (Lipinski definition) is 2. The Morgan fingerprint density at radius 3 is 2.43 bits per heavy atom. The van der Waals surface area contributed by atoms with Crippen LogP contribution < -0.4 is 10.0 Å². The summed E-state index contributed by atoms with van der Waals surface area (Å²) >= 11 is 0. The molecule has 0 saturated heterocycles. The molecule has 2 N–H and O–H groups in total. The van der Waals surface area contributed by atoms with Crippen molar-refractivity contribution in [3.8, 4) is 0 Å². The summed E-state index contributed by atoms with van der Waals surface area (Å²) in [4.78, 5) is 9.10. The van der Waals surface area contributed by atoms with Crippen LogP contribution in [-0.4, -0.2) is 32.6 Å². The van der Waals surface area contributed by atoms with Crippen molar-refractivity contribution in [1.29, 1.82) is 0 Å². The van der Waals surface area contributed by atoms with Gasteiger partial charge in [0, 0.05) is 18.3 Å². The van der Waals surface area contributed by atoms with Gasteiger partial charge in [0.2, 0.25) is 10.0 Å². The third-order valence-corrected chi connectivity index (χ3v) is 3.74. The predicted molar refractivity (Wildman–Crippen MR) is 68.5 cm³/mol. The number of halogens is 3. The SMILES string of the molecule is CCNc1ccc(S(=O)(=O)NCC(F)(F)F)c([N+](=O)[O-])c1. The zero-order chi connectivity index (χ0) is 16.3. The van der Waals surface area contributed by atoms with Crippen molar-refractivity contribution < 1.29 is 26.5 Å². The quantitative estimate of drug-likeness (QED) is 0.613. The smallest absolute Gasteiger partial charge is 0.385 e. The van der Waals surface area contributed by atoms with Gasteiger partial charge in [-0.2, -0.15) is 13.2 Å². The van der Waals surface area contributed by atoms with Gasteiger partial charge >= 0.3 is 6.18 Å². The van der Waals surface area contributed by atoms with Crippen LogP contribution in [0.25, 0.3) is 0 Å². The molecule has 0 spiro atoms. The van der Waals surface area contributed by atoms with E-state index in [1.54, 1.807) is 6.92 Å². The number of sulfonamides is 1. The van der Waals surface area contributed by atoms with Crippen molar-refractivity contribution >= 4 is 21.4 Å². The molecule has 1 aromatic carbocycles. The van der Waals surface area contributed by atoms with Crippen molar-refractivity contribution in [3.05, 3.63) is 28.3 Å². The summed E-state index contributed by atoms with van der Waals surface area (Å²) in [6, 6.07) is 3.07. The fraction of sp³-hybridized carbons (Fsp3) is 0.400. The van der Waals surface area contributed by atoms with E-state index in [1.807, 2.05) is 0 Å². The van der Waals surface area contributed by atoms with Gasteiger partial charge in [0.25, 0.3) is 5.69 Å². The van der Waals surface area contributed by atoms with E-state index >= 15 is 0 Å². The molecule has 0 aromatic heterocycles. The summed E-state index contributed by atoms with van der Waals surface area (Å²) in [5.41, 5.74) is -0.512. The molecular formula is C10H12F3N3O4S. The van der Waals surface area contributed by atoms with Crippen LogP contribution in [0.3, 0.4) is 0 Å². The number of benzene rings is 1. The van der Waals surface area contributed by atoms with E-state index in [4.69, 9.17) is 0 Å². The summed E-state index contributed by atoms with van der Waals surface area (Å²) in [6.07, 6.45) is -4.76. The van der Waals surface area contributed by atoms with Gasteiger partial charge in [-0.3, -0.25) is 10.1 Å². The first-order valence-corrected chi connectivity index (χ1v) is 7.14. The van der Waals surface area contributed by atoms with Crippen LogP contribution in [-0.2, 0) is 10.0 Å². The lowest BCUT2D eigenvalue weighted by atomic mass is 10.3. The normalized spacial score (nSPS) is 12.2. The lowest BCUT2D eigenvalue weighted by molar-refractivity contribution is -0.387. The van der Waals surface area contributed by atoms with Gasteiger partial charge in [-0.05, 0) is 19.1 Å². The highest BCUT2D eigenvalue weighted by molar-refractivity contribution is 7.89. The van der Waals surface area contributed by atoms with Crippen molar-refractivity contribution in [2.24, 2.45) is 0 Å². The maximum atomic E-state index is 12.1. The molecule has 0 heterocycles. The number of rotatable bonds is 6. The monoisotopic (exact) mass is 327 g/mol. The summed E-state index contributed by atoms with van der Waals surface area (Å²) in [6.45, 7) is 0.360. The minimum absolute atomic E-state index is 0.291. The van der Waals surface area contributed by atoms with Gasteiger partial charge < -0.3 is 5.32 Å². The van der Waals surface area contributed by atoms with Crippen LogP contribution in [0.1, 0.15) is 6.92 Å². The maximum Gasteiger partial charge on any atom is 0.402 e. The van der Waals surface area contributed by atoms with Gasteiger partial charge in [-0.15, -0.1) is 0 Å². The first-order chi connectivity index (χ1) is 9.57. The van der Waals surface area contributed by atoms with Gasteiger partial charge in [-0.25, -0.2) is 13.1 Å². The summed E-state index contributed by atoms with van der Waals surface area (Å²) in [7, 11) is -4.64. The minimum atomic E-state index is -4.76. The van der Waals surface area contributed by atoms with E-state index in [-0.39, 0.29) is 0 Å². The van der Waals surface area contributed by atoms with Crippen molar-refractivity contribution in [3.63, 3.8) is 0 Å². The first-order valence-electron chi connectivity index (χ1n) is 5.65. The summed E-state index contributed by atoms with van der Waals surface area (Å²) in [5.74, 6) is 0. The summed E-state index contributed by atoms with van der Waals surface area (Å²) in [5, 5.41) is 13.6. The Kier molecular flexibility index (Phi) is 5.12. The molecule has 0 amide bonds. The molecule has 0 aliphatic heterocycles. The lowest BCUT2D eigenvalue weighted by Gasteiger charge is -2.10. The number of nitrogens with one attached hydrogen (secondary N) is 2. The summed E-state index contributed by atoms with van der Waals surface area (Å²) < 4.78 is 60.9. The van der Waals surface area contributed by atoms with Crippen LogP contribution in [0.4, 0.5) is 24.5 Å². The molecule has 0 fully saturated rings. The van der Waals surface area contributed by atoms with Gasteiger partial charge in [0.15, 0.2) is 4.90 Å². The minimum Gasteiger partial charge on any atom is -0.385 e. The molecule has 1 aromatic rings. The van der Waals surface area contributed by atoms with Crippen molar-refractivity contribution in [2.75, 3.05) is 18.4 Å². The molecule has 0 saturated carbocycles. The zero-order valence-corrected chi connectivity index (χ0v) is 11.6. The Hall–Kier alpha value is -1.88. The molecule has 0 aliphatic rings. The van der Waals surface area contributed by atoms with E-state index in [2.05, 4.69) is 5.32 Å². The van der Waals surface area contributed by atoms with Crippen molar-refractivity contribution in [2.45, 2.75) is 18.0 Å². The van der Waals surface area contributed by atoms with Gasteiger partial charge in [-0.1, -0.05) is 0 Å². The Morgan fingerprint density at radius 1 is 1.33 bits per heavy atom. The number of anilines is 1. The van der Waals surface area contributed by atoms with Gasteiger partial charge in [0.1, 0.15) is 6.54 Å². The highest BCUT2D eigenvalue weighted by atomic mass is 32.2. The number of nitro benzene ring substituents is 1. The molecule has 7 nitrogen and oxygen atoms in total. The Bertz CT molecular complexity index is 631. The van der Waals surface area contributed by atoms with Crippen LogP contribution in [0.5, 0.6) is 0 Å². The van der Waals surface area contributed by atoms with Crippen LogP contribution >= 0.6 is 0 Å². The topological polar surface area (TPSA) is 101 Å². The number of nitrogens with zero attached hydrogens (tertiary/aromatic N) is 1. The predicted octanol–water partition coefficient (Wildman–Crippen LogP) is 1.87. The second-order valence-electron chi connectivity index (χ2n) is 3.91. The molecule has 0 atom stereocenters. The van der Waals surface area contributed by atoms with E-state index in [9.17, 15) is 31.7 Å². The Balaban J connectivity index is 3.19. The average molecular weight is 327 g/mol. The second-order valence-corrected chi connectivity index (χ2v) is 5.65. The fourth-order valence-electron chi connectivity index (χ4n) is 1.46. The number of hydrogen-bond acceptors (Lipinski definition) is 5. The fourth-order valence-corrected chi connectivity index (χ4v) is 2.62. The molecule has 1 rings (SSSR count). The highest BCUT2D eigenvalue weighted by Gasteiger charge is 2.32. The Morgan fingerprint density at radius 2 is 1.95 bits per heavy atom. The molecule has 21 heavy (non-hydrogen) atoms. The van der Waals surface area contributed by atoms with E-state index in [0.717, 1.165) is 12.1 Å². The van der Waals surface area contributed by atoms with Crippen LogP contribution in [0.2, 0.25) is 0 Å². The third-order valence-electron chi connectivity index (χ3n) is 2.29. The lowest BCUT2D eigenvalue weighted by Crippen LogP contribution is -2.34. The van der Waals surface area contributed by atoms with Crippen LogP contribution in [0.15, 0.2) is 23.1 Å². The molecular weight excluding hydrogens is 315 g/mol. The average Bonchev–Trinajstić information content (AvgIpc) is 2.36. The third kappa shape index (κ3) is 4.86. The first kappa shape index (κ1) is 17.2. The molecule has 0 unspecified atom stereocenters. The Labute approximate surface area is 118 Å². The van der Waals surface area contributed by atoms with E-state index in [1.165, 1.54) is 10.8 Å². The van der Waals surface area contributed by atoms with Crippen molar-refractivity contribution in [1.82, 2.24) is 4.72 Å². The zero-order valence-electron chi connectivity index (χ0n) is 10.8.